The number of ether oxygens (including phenoxy) is 1. The maximum absolute atomic E-state index is 12.6. The van der Waals surface area contributed by atoms with Crippen molar-refractivity contribution in [3.63, 3.8) is 0 Å². The summed E-state index contributed by atoms with van der Waals surface area (Å²) in [6.07, 6.45) is 1.17. The molecule has 2 amide bonds. The van der Waals surface area contributed by atoms with Gasteiger partial charge in [0.05, 0.1) is 12.2 Å². The SMILES string of the molecule is C[C@H]1C[C@H]1c1ccc(CN(C)C(=O)c2ccc3c(c2)OCC(=O)N3)o1. The molecular weight excluding hydrogens is 320 g/mol. The van der Waals surface area contributed by atoms with Crippen LogP contribution in [0.15, 0.2) is 34.7 Å². The van der Waals surface area contributed by atoms with E-state index in [1.807, 2.05) is 12.1 Å². The van der Waals surface area contributed by atoms with Crippen molar-refractivity contribution in [1.82, 2.24) is 4.90 Å². The predicted octanol–water partition coefficient (Wildman–Crippen LogP) is 3.01. The largest absolute Gasteiger partial charge is 0.482 e. The van der Waals surface area contributed by atoms with Crippen molar-refractivity contribution < 1.29 is 18.7 Å². The van der Waals surface area contributed by atoms with Gasteiger partial charge in [-0.1, -0.05) is 6.92 Å². The number of carbonyl (C=O) groups is 2. The molecule has 0 bridgehead atoms. The van der Waals surface area contributed by atoms with Gasteiger partial charge in [-0.15, -0.1) is 0 Å². The molecule has 6 nitrogen and oxygen atoms in total. The summed E-state index contributed by atoms with van der Waals surface area (Å²) >= 11 is 0. The minimum absolute atomic E-state index is 0.0325. The Balaban J connectivity index is 1.45. The quantitative estimate of drug-likeness (QED) is 0.929. The number of anilines is 1. The molecule has 1 saturated carbocycles. The number of nitrogens with zero attached hydrogens (tertiary/aromatic N) is 1. The van der Waals surface area contributed by atoms with Gasteiger partial charge in [-0.2, -0.15) is 0 Å². The number of nitrogens with one attached hydrogen (secondary N) is 1. The van der Waals surface area contributed by atoms with Gasteiger partial charge in [-0.3, -0.25) is 9.59 Å². The molecule has 1 aliphatic heterocycles. The molecule has 2 atom stereocenters. The summed E-state index contributed by atoms with van der Waals surface area (Å²) in [5.41, 5.74) is 1.10. The number of fused-ring (bicyclic) bond motifs is 1. The van der Waals surface area contributed by atoms with E-state index in [2.05, 4.69) is 12.2 Å². The first kappa shape index (κ1) is 15.7. The zero-order valence-electron chi connectivity index (χ0n) is 14.2. The number of hydrogen-bond acceptors (Lipinski definition) is 4. The number of hydrogen-bond donors (Lipinski definition) is 1. The Morgan fingerprint density at radius 3 is 2.88 bits per heavy atom. The lowest BCUT2D eigenvalue weighted by molar-refractivity contribution is -0.118. The molecule has 0 spiro atoms. The highest BCUT2D eigenvalue weighted by atomic mass is 16.5. The Hall–Kier alpha value is -2.76. The number of rotatable bonds is 4. The van der Waals surface area contributed by atoms with Gasteiger partial charge in [0.2, 0.25) is 0 Å². The molecule has 1 N–H and O–H groups in total. The number of amides is 2. The summed E-state index contributed by atoms with van der Waals surface area (Å²) in [5.74, 6) is 3.22. The van der Waals surface area contributed by atoms with Crippen molar-refractivity contribution in [1.29, 1.82) is 0 Å². The van der Waals surface area contributed by atoms with Crippen LogP contribution in [-0.4, -0.2) is 30.4 Å². The second-order valence-corrected chi connectivity index (χ2v) is 6.83. The molecule has 2 heterocycles. The average Bonchev–Trinajstić information content (AvgIpc) is 3.15. The molecule has 1 aromatic heterocycles. The Bertz CT molecular complexity index is 842. The Morgan fingerprint density at radius 1 is 1.32 bits per heavy atom. The van der Waals surface area contributed by atoms with Crippen LogP contribution in [0, 0.1) is 5.92 Å². The smallest absolute Gasteiger partial charge is 0.262 e. The average molecular weight is 340 g/mol. The first-order valence-electron chi connectivity index (χ1n) is 8.42. The minimum atomic E-state index is -0.192. The molecule has 0 unspecified atom stereocenters. The van der Waals surface area contributed by atoms with Gasteiger partial charge in [-0.25, -0.2) is 0 Å². The third-order valence-corrected chi connectivity index (χ3v) is 4.76. The number of benzene rings is 1. The van der Waals surface area contributed by atoms with Gasteiger partial charge in [0.25, 0.3) is 11.8 Å². The lowest BCUT2D eigenvalue weighted by Gasteiger charge is -2.20. The molecule has 1 aromatic carbocycles. The number of furan rings is 1. The zero-order valence-corrected chi connectivity index (χ0v) is 14.2. The second-order valence-electron chi connectivity index (χ2n) is 6.83. The Labute approximate surface area is 145 Å². The van der Waals surface area contributed by atoms with Crippen LogP contribution in [0.2, 0.25) is 0 Å². The van der Waals surface area contributed by atoms with E-state index in [1.165, 1.54) is 6.42 Å². The third-order valence-electron chi connectivity index (χ3n) is 4.76. The fourth-order valence-electron chi connectivity index (χ4n) is 3.13. The molecule has 2 aliphatic rings. The van der Waals surface area contributed by atoms with Crippen LogP contribution in [0.25, 0.3) is 0 Å². The molecule has 130 valence electrons. The predicted molar refractivity (Wildman–Crippen MR) is 91.6 cm³/mol. The topological polar surface area (TPSA) is 71.8 Å². The fraction of sp³-hybridized carbons (Fsp3) is 0.368. The lowest BCUT2D eigenvalue weighted by atomic mass is 10.1. The molecule has 4 rings (SSSR count). The van der Waals surface area contributed by atoms with E-state index in [9.17, 15) is 9.59 Å². The molecule has 0 saturated heterocycles. The van der Waals surface area contributed by atoms with Crippen LogP contribution in [-0.2, 0) is 11.3 Å². The van der Waals surface area contributed by atoms with E-state index in [-0.39, 0.29) is 18.4 Å². The van der Waals surface area contributed by atoms with E-state index in [0.717, 1.165) is 11.5 Å². The lowest BCUT2D eigenvalue weighted by Crippen LogP contribution is -2.28. The first-order chi connectivity index (χ1) is 12.0. The van der Waals surface area contributed by atoms with Gasteiger partial charge in [0.15, 0.2) is 6.61 Å². The summed E-state index contributed by atoms with van der Waals surface area (Å²) in [5, 5.41) is 2.71. The standard InChI is InChI=1S/C19H20N2O4/c1-11-7-14(11)16-6-4-13(25-16)9-21(2)19(23)12-3-5-15-17(8-12)24-10-18(22)20-15/h3-6,8,11,14H,7,9-10H2,1-2H3,(H,20,22)/t11-,14+/m0/s1. The highest BCUT2D eigenvalue weighted by Crippen LogP contribution is 2.47. The molecule has 2 aromatic rings. The normalized spacial score (nSPS) is 21.1. The van der Waals surface area contributed by atoms with Crippen LogP contribution in [0.1, 0.15) is 41.1 Å². The fourth-order valence-corrected chi connectivity index (χ4v) is 3.13. The van der Waals surface area contributed by atoms with Crippen molar-refractivity contribution in [3.05, 3.63) is 47.4 Å². The Kier molecular flexibility index (Phi) is 3.75. The van der Waals surface area contributed by atoms with Gasteiger partial charge in [-0.05, 0) is 42.7 Å². The molecule has 6 heteroatoms. The van der Waals surface area contributed by atoms with E-state index < -0.39 is 0 Å². The second kappa shape index (κ2) is 5.95. The first-order valence-corrected chi connectivity index (χ1v) is 8.42. The maximum Gasteiger partial charge on any atom is 0.262 e. The summed E-state index contributed by atoms with van der Waals surface area (Å²) in [7, 11) is 1.74. The van der Waals surface area contributed by atoms with Gasteiger partial charge in [0.1, 0.15) is 17.3 Å². The zero-order chi connectivity index (χ0) is 17.6. The summed E-state index contributed by atoms with van der Waals surface area (Å²) in [4.78, 5) is 25.6. The van der Waals surface area contributed by atoms with Crippen LogP contribution in [0.3, 0.4) is 0 Å². The van der Waals surface area contributed by atoms with Crippen LogP contribution in [0.4, 0.5) is 5.69 Å². The summed E-state index contributed by atoms with van der Waals surface area (Å²) in [6.45, 7) is 2.59. The van der Waals surface area contributed by atoms with Gasteiger partial charge < -0.3 is 19.4 Å². The van der Waals surface area contributed by atoms with Crippen molar-refractivity contribution in [2.45, 2.75) is 25.8 Å². The van der Waals surface area contributed by atoms with Crippen LogP contribution >= 0.6 is 0 Å². The van der Waals surface area contributed by atoms with Gasteiger partial charge >= 0.3 is 0 Å². The van der Waals surface area contributed by atoms with Crippen LogP contribution < -0.4 is 10.1 Å². The van der Waals surface area contributed by atoms with E-state index in [4.69, 9.17) is 9.15 Å². The van der Waals surface area contributed by atoms with E-state index in [0.29, 0.717) is 35.4 Å². The highest BCUT2D eigenvalue weighted by molar-refractivity contribution is 5.98. The molecular formula is C19H20N2O4. The molecule has 1 fully saturated rings. The summed E-state index contributed by atoms with van der Waals surface area (Å²) in [6, 6.07) is 8.99. The van der Waals surface area contributed by atoms with Crippen molar-refractivity contribution >= 4 is 17.5 Å². The molecule has 25 heavy (non-hydrogen) atoms. The Morgan fingerprint density at radius 2 is 2.12 bits per heavy atom. The molecule has 0 radical (unpaired) electrons. The highest BCUT2D eigenvalue weighted by Gasteiger charge is 2.36. The van der Waals surface area contributed by atoms with Crippen molar-refractivity contribution in [2.24, 2.45) is 5.92 Å². The van der Waals surface area contributed by atoms with Crippen LogP contribution in [0.5, 0.6) is 5.75 Å². The van der Waals surface area contributed by atoms with E-state index in [1.54, 1.807) is 30.1 Å². The van der Waals surface area contributed by atoms with Crippen molar-refractivity contribution in [3.8, 4) is 5.75 Å². The maximum atomic E-state index is 12.6. The summed E-state index contributed by atoms with van der Waals surface area (Å²) < 4.78 is 11.2. The molecule has 1 aliphatic carbocycles. The van der Waals surface area contributed by atoms with Crippen molar-refractivity contribution in [2.75, 3.05) is 19.0 Å². The van der Waals surface area contributed by atoms with E-state index >= 15 is 0 Å². The third kappa shape index (κ3) is 3.12. The van der Waals surface area contributed by atoms with Gasteiger partial charge in [0, 0.05) is 18.5 Å². The minimum Gasteiger partial charge on any atom is -0.482 e. The number of carbonyl (C=O) groups excluding carboxylic acids is 2. The monoisotopic (exact) mass is 340 g/mol.